The summed E-state index contributed by atoms with van der Waals surface area (Å²) in [4.78, 5) is 25.7. The van der Waals surface area contributed by atoms with Crippen LogP contribution in [0.25, 0.3) is 0 Å². The molecule has 1 saturated heterocycles. The summed E-state index contributed by atoms with van der Waals surface area (Å²) >= 11 is 6.24. The largest absolute Gasteiger partial charge is 0.478 e. The fourth-order valence-electron chi connectivity index (χ4n) is 3.23. The molecule has 1 aromatic carbocycles. The van der Waals surface area contributed by atoms with Gasteiger partial charge in [0.1, 0.15) is 0 Å². The summed E-state index contributed by atoms with van der Waals surface area (Å²) in [5.41, 5.74) is 2.25. The summed E-state index contributed by atoms with van der Waals surface area (Å²) in [7, 11) is 1.76. The molecule has 0 saturated carbocycles. The summed E-state index contributed by atoms with van der Waals surface area (Å²) in [6, 6.07) is 6.94. The highest BCUT2D eigenvalue weighted by molar-refractivity contribution is 6.34. The van der Waals surface area contributed by atoms with Crippen LogP contribution in [-0.2, 0) is 7.05 Å². The summed E-state index contributed by atoms with van der Waals surface area (Å²) < 4.78 is 1.60. The Hall–Kier alpha value is -2.34. The van der Waals surface area contributed by atoms with E-state index in [1.165, 1.54) is 0 Å². The lowest BCUT2D eigenvalue weighted by molar-refractivity contribution is 0.0685. The molecule has 1 aliphatic rings. The molecule has 1 atom stereocenters. The van der Waals surface area contributed by atoms with Crippen LogP contribution in [0, 0.1) is 6.92 Å². The maximum Gasteiger partial charge on any atom is 0.335 e. The van der Waals surface area contributed by atoms with E-state index in [9.17, 15) is 9.59 Å². The van der Waals surface area contributed by atoms with Crippen LogP contribution >= 0.6 is 11.6 Å². The smallest absolute Gasteiger partial charge is 0.335 e. The third kappa shape index (κ3) is 3.39. The Morgan fingerprint density at radius 3 is 2.76 bits per heavy atom. The number of aryl methyl sites for hydroxylation is 1. The van der Waals surface area contributed by atoms with Crippen LogP contribution in [-0.4, -0.2) is 44.8 Å². The molecule has 1 N–H and O–H groups in total. The van der Waals surface area contributed by atoms with Crippen molar-refractivity contribution in [3.8, 4) is 0 Å². The minimum absolute atomic E-state index is 0.112. The van der Waals surface area contributed by atoms with Gasteiger partial charge in [0.2, 0.25) is 0 Å². The molecule has 7 heteroatoms. The molecular formula is C18H20ClN3O3. The molecule has 0 radical (unpaired) electrons. The first-order valence-electron chi connectivity index (χ1n) is 8.20. The predicted molar refractivity (Wildman–Crippen MR) is 94.2 cm³/mol. The van der Waals surface area contributed by atoms with Crippen molar-refractivity contribution >= 4 is 23.5 Å². The highest BCUT2D eigenvalue weighted by atomic mass is 35.5. The normalized spacial score (nSPS) is 17.6. The van der Waals surface area contributed by atoms with Crippen LogP contribution in [0.1, 0.15) is 50.9 Å². The van der Waals surface area contributed by atoms with Crippen molar-refractivity contribution in [2.24, 2.45) is 7.05 Å². The van der Waals surface area contributed by atoms with Crippen molar-refractivity contribution in [1.29, 1.82) is 0 Å². The lowest BCUT2D eigenvalue weighted by Crippen LogP contribution is -2.39. The van der Waals surface area contributed by atoms with E-state index < -0.39 is 5.97 Å². The molecule has 6 nitrogen and oxygen atoms in total. The van der Waals surface area contributed by atoms with Gasteiger partial charge >= 0.3 is 5.97 Å². The second-order valence-electron chi connectivity index (χ2n) is 6.39. The molecule has 0 bridgehead atoms. The van der Waals surface area contributed by atoms with Gasteiger partial charge in [-0.05, 0) is 37.5 Å². The van der Waals surface area contributed by atoms with Gasteiger partial charge in [-0.25, -0.2) is 4.79 Å². The lowest BCUT2D eigenvalue weighted by atomic mass is 9.89. The number of benzene rings is 1. The third-order valence-electron chi connectivity index (χ3n) is 4.78. The zero-order valence-corrected chi connectivity index (χ0v) is 15.0. The van der Waals surface area contributed by atoms with Gasteiger partial charge in [0.15, 0.2) is 5.69 Å². The van der Waals surface area contributed by atoms with E-state index in [2.05, 4.69) is 5.10 Å². The maximum atomic E-state index is 12.8. The van der Waals surface area contributed by atoms with Gasteiger partial charge in [0.25, 0.3) is 5.91 Å². The van der Waals surface area contributed by atoms with Gasteiger partial charge < -0.3 is 10.0 Å². The van der Waals surface area contributed by atoms with E-state index in [1.54, 1.807) is 34.8 Å². The van der Waals surface area contributed by atoms with Crippen molar-refractivity contribution in [3.05, 3.63) is 51.8 Å². The van der Waals surface area contributed by atoms with Gasteiger partial charge in [0, 0.05) is 26.1 Å². The molecule has 0 aliphatic carbocycles. The first-order chi connectivity index (χ1) is 11.9. The molecule has 1 amide bonds. The highest BCUT2D eigenvalue weighted by Gasteiger charge is 2.29. The fourth-order valence-corrected chi connectivity index (χ4v) is 3.47. The molecule has 0 spiro atoms. The Labute approximate surface area is 151 Å². The molecule has 2 heterocycles. The summed E-state index contributed by atoms with van der Waals surface area (Å²) in [5.74, 6) is -1.00. The van der Waals surface area contributed by atoms with E-state index in [1.807, 2.05) is 13.0 Å². The number of aromatic nitrogens is 2. The number of hydrogen-bond donors (Lipinski definition) is 1. The number of halogens is 1. The third-order valence-corrected chi connectivity index (χ3v) is 5.23. The van der Waals surface area contributed by atoms with Crippen molar-refractivity contribution in [2.45, 2.75) is 25.7 Å². The molecule has 2 aromatic rings. The highest BCUT2D eigenvalue weighted by Crippen LogP contribution is 2.29. The number of carbonyl (C=O) groups is 2. The Morgan fingerprint density at radius 2 is 2.12 bits per heavy atom. The monoisotopic (exact) mass is 361 g/mol. The van der Waals surface area contributed by atoms with Gasteiger partial charge in [-0.3, -0.25) is 9.48 Å². The van der Waals surface area contributed by atoms with Gasteiger partial charge in [-0.15, -0.1) is 0 Å². The van der Waals surface area contributed by atoms with Gasteiger partial charge in [-0.2, -0.15) is 5.10 Å². The SMILES string of the molecule is Cc1c(Cl)c(C(=O)N2CCC[C@@H](c3cccc(C(=O)O)c3)C2)nn1C. The number of nitrogens with zero attached hydrogens (tertiary/aromatic N) is 3. The molecule has 132 valence electrons. The van der Waals surface area contributed by atoms with Crippen LogP contribution in [0.15, 0.2) is 24.3 Å². The Kier molecular flexibility index (Phi) is 4.81. The van der Waals surface area contributed by atoms with E-state index in [4.69, 9.17) is 16.7 Å². The molecule has 1 aliphatic heterocycles. The van der Waals surface area contributed by atoms with Crippen LogP contribution in [0.4, 0.5) is 0 Å². The minimum Gasteiger partial charge on any atom is -0.478 e. The number of amides is 1. The second-order valence-corrected chi connectivity index (χ2v) is 6.77. The molecular weight excluding hydrogens is 342 g/mol. The molecule has 1 fully saturated rings. The Balaban J connectivity index is 1.81. The van der Waals surface area contributed by atoms with Crippen molar-refractivity contribution in [2.75, 3.05) is 13.1 Å². The van der Waals surface area contributed by atoms with Gasteiger partial charge in [0.05, 0.1) is 16.3 Å². The van der Waals surface area contributed by atoms with Crippen molar-refractivity contribution in [3.63, 3.8) is 0 Å². The maximum absolute atomic E-state index is 12.8. The summed E-state index contributed by atoms with van der Waals surface area (Å²) in [6.07, 6.45) is 1.78. The zero-order valence-electron chi connectivity index (χ0n) is 14.2. The average molecular weight is 362 g/mol. The van der Waals surface area contributed by atoms with Crippen molar-refractivity contribution < 1.29 is 14.7 Å². The fraction of sp³-hybridized carbons (Fsp3) is 0.389. The van der Waals surface area contributed by atoms with E-state index in [-0.39, 0.29) is 23.1 Å². The van der Waals surface area contributed by atoms with E-state index in [0.29, 0.717) is 18.1 Å². The molecule has 25 heavy (non-hydrogen) atoms. The number of carboxylic acid groups (broad SMARTS) is 1. The van der Waals surface area contributed by atoms with Crippen LogP contribution in [0.3, 0.4) is 0 Å². The molecule has 1 aromatic heterocycles. The Bertz CT molecular complexity index is 831. The lowest BCUT2D eigenvalue weighted by Gasteiger charge is -2.32. The summed E-state index contributed by atoms with van der Waals surface area (Å²) in [5, 5.41) is 13.8. The first kappa shape index (κ1) is 17.5. The number of piperidine rings is 1. The minimum atomic E-state index is -0.943. The second kappa shape index (κ2) is 6.88. The number of rotatable bonds is 3. The molecule has 0 unspecified atom stereocenters. The quantitative estimate of drug-likeness (QED) is 0.911. The average Bonchev–Trinajstić information content (AvgIpc) is 2.88. The van der Waals surface area contributed by atoms with E-state index in [0.717, 1.165) is 24.1 Å². The number of carboxylic acids is 1. The van der Waals surface area contributed by atoms with Crippen LogP contribution in [0.2, 0.25) is 5.02 Å². The van der Waals surface area contributed by atoms with Gasteiger partial charge in [-0.1, -0.05) is 23.7 Å². The zero-order chi connectivity index (χ0) is 18.1. The first-order valence-corrected chi connectivity index (χ1v) is 8.58. The van der Waals surface area contributed by atoms with Crippen LogP contribution in [0.5, 0.6) is 0 Å². The topological polar surface area (TPSA) is 75.4 Å². The summed E-state index contributed by atoms with van der Waals surface area (Å²) in [6.45, 7) is 3.01. The standard InChI is InChI=1S/C18H20ClN3O3/c1-11-15(19)16(20-21(11)2)17(23)22-8-4-7-14(10-22)12-5-3-6-13(9-12)18(24)25/h3,5-6,9,14H,4,7-8,10H2,1-2H3,(H,24,25)/t14-/m1/s1. The number of carbonyl (C=O) groups excluding carboxylic acids is 1. The predicted octanol–water partition coefficient (Wildman–Crippen LogP) is 3.10. The van der Waals surface area contributed by atoms with Crippen LogP contribution < -0.4 is 0 Å². The number of aromatic carboxylic acids is 1. The Morgan fingerprint density at radius 1 is 1.36 bits per heavy atom. The number of likely N-dealkylation sites (tertiary alicyclic amines) is 1. The van der Waals surface area contributed by atoms with E-state index >= 15 is 0 Å². The number of hydrogen-bond acceptors (Lipinski definition) is 3. The molecule has 3 rings (SSSR count). The van der Waals surface area contributed by atoms with Crippen molar-refractivity contribution in [1.82, 2.24) is 14.7 Å².